The number of nitrogens with zero attached hydrogens (tertiary/aromatic N) is 3. The fourth-order valence-electron chi connectivity index (χ4n) is 5.78. The van der Waals surface area contributed by atoms with Crippen LogP contribution in [0.15, 0.2) is 127 Å². The first kappa shape index (κ1) is 23.5. The lowest BCUT2D eigenvalue weighted by molar-refractivity contribution is 1.19. The van der Waals surface area contributed by atoms with E-state index in [1.165, 1.54) is 36.3 Å². The number of aromatic nitrogens is 2. The maximum atomic E-state index is 9.56. The summed E-state index contributed by atoms with van der Waals surface area (Å²) in [5.74, 6) is 0.676. The standard InChI is InChI=1S/C37H21N3S/c38-22-23-9-8-13-26(19-23)32-21-31(25-11-2-1-3-12-25)39-37(40-32)30-20-27-18-17-24-10-4-5-14-28(24)34(27)35-29-15-6-7-16-33(29)41-36(30)35/h1-21H. The van der Waals surface area contributed by atoms with Gasteiger partial charge >= 0.3 is 0 Å². The molecule has 0 saturated heterocycles. The summed E-state index contributed by atoms with van der Waals surface area (Å²) in [4.78, 5) is 10.3. The largest absolute Gasteiger partial charge is 0.228 e. The van der Waals surface area contributed by atoms with Crippen LogP contribution in [0.2, 0.25) is 0 Å². The Labute approximate surface area is 240 Å². The lowest BCUT2D eigenvalue weighted by Gasteiger charge is -2.13. The summed E-state index contributed by atoms with van der Waals surface area (Å²) in [6.45, 7) is 0. The first-order valence-corrected chi connectivity index (χ1v) is 14.3. The molecule has 2 aromatic heterocycles. The molecule has 3 nitrogen and oxygen atoms in total. The van der Waals surface area contributed by atoms with E-state index in [2.05, 4.69) is 84.9 Å². The van der Waals surface area contributed by atoms with Gasteiger partial charge in [0.15, 0.2) is 5.82 Å². The van der Waals surface area contributed by atoms with E-state index in [9.17, 15) is 5.26 Å². The zero-order valence-corrected chi connectivity index (χ0v) is 22.7. The van der Waals surface area contributed by atoms with Crippen molar-refractivity contribution in [3.05, 3.63) is 133 Å². The summed E-state index contributed by atoms with van der Waals surface area (Å²) in [7, 11) is 0. The third-order valence-electron chi connectivity index (χ3n) is 7.68. The van der Waals surface area contributed by atoms with Crippen LogP contribution in [0, 0.1) is 11.3 Å². The lowest BCUT2D eigenvalue weighted by atomic mass is 9.95. The molecule has 2 heterocycles. The van der Waals surface area contributed by atoms with Crippen LogP contribution in [0.3, 0.4) is 0 Å². The molecule has 0 fully saturated rings. The monoisotopic (exact) mass is 539 g/mol. The highest BCUT2D eigenvalue weighted by Crippen LogP contribution is 2.45. The van der Waals surface area contributed by atoms with Crippen LogP contribution in [0.25, 0.3) is 75.6 Å². The number of hydrogen-bond donors (Lipinski definition) is 0. The van der Waals surface area contributed by atoms with Crippen molar-refractivity contribution in [3.63, 3.8) is 0 Å². The molecule has 4 heteroatoms. The van der Waals surface area contributed by atoms with Crippen molar-refractivity contribution in [2.24, 2.45) is 0 Å². The first-order chi connectivity index (χ1) is 20.3. The van der Waals surface area contributed by atoms with Crippen LogP contribution < -0.4 is 0 Å². The Hall–Kier alpha value is -5.37. The molecule has 0 N–H and O–H groups in total. The molecule has 0 bridgehead atoms. The molecule has 6 aromatic carbocycles. The Kier molecular flexibility index (Phi) is 5.38. The molecule has 0 aliphatic rings. The molecule has 0 unspecified atom stereocenters. The van der Waals surface area contributed by atoms with Crippen molar-refractivity contribution < 1.29 is 0 Å². The van der Waals surface area contributed by atoms with Crippen molar-refractivity contribution in [2.45, 2.75) is 0 Å². The molecule has 0 amide bonds. The van der Waals surface area contributed by atoms with Gasteiger partial charge in [-0.15, -0.1) is 11.3 Å². The Balaban J connectivity index is 1.49. The Morgan fingerprint density at radius 3 is 2.12 bits per heavy atom. The third kappa shape index (κ3) is 3.87. The number of benzene rings is 6. The Morgan fingerprint density at radius 1 is 0.561 bits per heavy atom. The Bertz CT molecular complexity index is 2330. The molecule has 0 spiro atoms. The summed E-state index contributed by atoms with van der Waals surface area (Å²) in [5.41, 5.74) is 5.17. The number of hydrogen-bond acceptors (Lipinski definition) is 4. The van der Waals surface area contributed by atoms with E-state index in [0.717, 1.165) is 33.5 Å². The fourth-order valence-corrected chi connectivity index (χ4v) is 7.00. The summed E-state index contributed by atoms with van der Waals surface area (Å²) in [6.07, 6.45) is 0. The molecular weight excluding hydrogens is 518 g/mol. The van der Waals surface area contributed by atoms with Gasteiger partial charge in [-0.1, -0.05) is 97.1 Å². The average molecular weight is 540 g/mol. The first-order valence-electron chi connectivity index (χ1n) is 13.5. The van der Waals surface area contributed by atoms with Gasteiger partial charge < -0.3 is 0 Å². The van der Waals surface area contributed by atoms with Crippen LogP contribution in [-0.2, 0) is 0 Å². The molecule has 0 radical (unpaired) electrons. The van der Waals surface area contributed by atoms with E-state index < -0.39 is 0 Å². The van der Waals surface area contributed by atoms with Gasteiger partial charge in [0.05, 0.1) is 23.0 Å². The summed E-state index contributed by atoms with van der Waals surface area (Å²) < 4.78 is 2.42. The highest BCUT2D eigenvalue weighted by atomic mass is 32.1. The number of fused-ring (bicyclic) bond motifs is 7. The third-order valence-corrected chi connectivity index (χ3v) is 8.88. The van der Waals surface area contributed by atoms with Crippen molar-refractivity contribution in [2.75, 3.05) is 0 Å². The molecule has 41 heavy (non-hydrogen) atoms. The van der Waals surface area contributed by atoms with Crippen molar-refractivity contribution in [1.29, 1.82) is 5.26 Å². The molecule has 0 atom stereocenters. The maximum Gasteiger partial charge on any atom is 0.161 e. The SMILES string of the molecule is N#Cc1cccc(-c2cc(-c3ccccc3)nc(-c3cc4ccc5ccccc5c4c4c3sc3ccccc34)n2)c1. The molecule has 0 aliphatic carbocycles. The molecule has 190 valence electrons. The minimum Gasteiger partial charge on any atom is -0.228 e. The second kappa shape index (κ2) is 9.38. The maximum absolute atomic E-state index is 9.56. The fraction of sp³-hybridized carbons (Fsp3) is 0. The summed E-state index contributed by atoms with van der Waals surface area (Å²) in [6, 6.07) is 46.0. The van der Waals surface area contributed by atoms with Gasteiger partial charge in [-0.25, -0.2) is 9.97 Å². The molecule has 0 saturated carbocycles. The molecule has 0 aliphatic heterocycles. The van der Waals surface area contributed by atoms with Gasteiger partial charge in [-0.3, -0.25) is 0 Å². The van der Waals surface area contributed by atoms with E-state index in [0.29, 0.717) is 11.4 Å². The van der Waals surface area contributed by atoms with Crippen molar-refractivity contribution >= 4 is 53.1 Å². The second-order valence-corrected chi connectivity index (χ2v) is 11.2. The van der Waals surface area contributed by atoms with Gasteiger partial charge in [0, 0.05) is 36.9 Å². The lowest BCUT2D eigenvalue weighted by Crippen LogP contribution is -1.96. The van der Waals surface area contributed by atoms with Gasteiger partial charge in [-0.2, -0.15) is 5.26 Å². The summed E-state index contributed by atoms with van der Waals surface area (Å²) in [5, 5.41) is 17.0. The van der Waals surface area contributed by atoms with Crippen LogP contribution in [0.1, 0.15) is 5.56 Å². The molecular formula is C37H21N3S. The van der Waals surface area contributed by atoms with Gasteiger partial charge in [-0.05, 0) is 51.9 Å². The number of nitriles is 1. The van der Waals surface area contributed by atoms with Crippen LogP contribution in [0.4, 0.5) is 0 Å². The van der Waals surface area contributed by atoms with Crippen LogP contribution in [0.5, 0.6) is 0 Å². The zero-order valence-electron chi connectivity index (χ0n) is 21.9. The smallest absolute Gasteiger partial charge is 0.161 e. The quantitative estimate of drug-likeness (QED) is 0.210. The number of thiophene rings is 1. The molecule has 8 aromatic rings. The average Bonchev–Trinajstić information content (AvgIpc) is 3.44. The van der Waals surface area contributed by atoms with Gasteiger partial charge in [0.1, 0.15) is 0 Å². The highest BCUT2D eigenvalue weighted by Gasteiger charge is 2.19. The Morgan fingerprint density at radius 2 is 1.27 bits per heavy atom. The predicted molar refractivity (Wildman–Crippen MR) is 171 cm³/mol. The zero-order chi connectivity index (χ0) is 27.3. The highest BCUT2D eigenvalue weighted by molar-refractivity contribution is 7.26. The van der Waals surface area contributed by atoms with Crippen LogP contribution in [-0.4, -0.2) is 9.97 Å². The van der Waals surface area contributed by atoms with Gasteiger partial charge in [0.2, 0.25) is 0 Å². The van der Waals surface area contributed by atoms with Crippen molar-refractivity contribution in [3.8, 4) is 40.0 Å². The topological polar surface area (TPSA) is 49.6 Å². The van der Waals surface area contributed by atoms with E-state index in [1.54, 1.807) is 11.3 Å². The van der Waals surface area contributed by atoms with E-state index >= 15 is 0 Å². The molecule has 8 rings (SSSR count). The van der Waals surface area contributed by atoms with E-state index in [1.807, 2.05) is 48.5 Å². The summed E-state index contributed by atoms with van der Waals surface area (Å²) >= 11 is 1.79. The van der Waals surface area contributed by atoms with Gasteiger partial charge in [0.25, 0.3) is 0 Å². The van der Waals surface area contributed by atoms with E-state index in [4.69, 9.17) is 9.97 Å². The minimum atomic E-state index is 0.605. The minimum absolute atomic E-state index is 0.605. The number of rotatable bonds is 3. The van der Waals surface area contributed by atoms with Crippen LogP contribution >= 0.6 is 11.3 Å². The van der Waals surface area contributed by atoms with E-state index in [-0.39, 0.29) is 0 Å². The second-order valence-electron chi connectivity index (χ2n) is 10.1. The predicted octanol–water partition coefficient (Wildman–Crippen LogP) is 10.0. The van der Waals surface area contributed by atoms with Crippen molar-refractivity contribution in [1.82, 2.24) is 9.97 Å². The normalized spacial score (nSPS) is 11.4.